The van der Waals surface area contributed by atoms with Crippen LogP contribution in [-0.4, -0.2) is 60.6 Å². The molecule has 0 amide bonds. The van der Waals surface area contributed by atoms with E-state index in [0.717, 1.165) is 46.0 Å². The van der Waals surface area contributed by atoms with Gasteiger partial charge in [-0.25, -0.2) is 4.79 Å². The number of nitrogens with zero attached hydrogens (tertiary/aromatic N) is 1. The van der Waals surface area contributed by atoms with Gasteiger partial charge >= 0.3 is 5.97 Å². The second kappa shape index (κ2) is 10.2. The Kier molecular flexibility index (Phi) is 7.30. The Morgan fingerprint density at radius 2 is 1.72 bits per heavy atom. The SMILES string of the molecule is C[N+]1(CCOc2ccccc2)CC[C@H](OC(=O)C(O)(Cc2cccs2)Cc2cccs2)C1. The van der Waals surface area contributed by atoms with Crippen molar-refractivity contribution in [3.05, 3.63) is 75.1 Å². The van der Waals surface area contributed by atoms with Gasteiger partial charge in [-0.3, -0.25) is 0 Å². The normalized spacial score (nSPS) is 20.9. The van der Waals surface area contributed by atoms with Crippen LogP contribution in [0.1, 0.15) is 16.2 Å². The minimum atomic E-state index is -1.56. The first-order valence-electron chi connectivity index (χ1n) is 10.9. The number of aliphatic hydroxyl groups is 1. The number of carbonyl (C=O) groups is 1. The summed E-state index contributed by atoms with van der Waals surface area (Å²) in [4.78, 5) is 15.1. The predicted octanol–water partition coefficient (Wildman–Crippen LogP) is 4.17. The summed E-state index contributed by atoms with van der Waals surface area (Å²) in [5.41, 5.74) is -1.56. The fourth-order valence-electron chi connectivity index (χ4n) is 4.20. The van der Waals surface area contributed by atoms with Crippen LogP contribution in [0, 0.1) is 0 Å². The number of benzene rings is 1. The van der Waals surface area contributed by atoms with Crippen LogP contribution in [0.25, 0.3) is 0 Å². The molecule has 1 fully saturated rings. The molecule has 0 saturated carbocycles. The molecule has 0 radical (unpaired) electrons. The molecule has 2 aromatic heterocycles. The van der Waals surface area contributed by atoms with E-state index in [4.69, 9.17) is 9.47 Å². The van der Waals surface area contributed by atoms with E-state index in [0.29, 0.717) is 6.61 Å². The summed E-state index contributed by atoms with van der Waals surface area (Å²) in [6.07, 6.45) is 1.14. The zero-order valence-electron chi connectivity index (χ0n) is 18.3. The minimum absolute atomic E-state index is 0.192. The number of thiophene rings is 2. The Balaban J connectivity index is 1.34. The molecule has 1 saturated heterocycles. The van der Waals surface area contributed by atoms with Gasteiger partial charge in [-0.1, -0.05) is 30.3 Å². The molecule has 0 aliphatic carbocycles. The van der Waals surface area contributed by atoms with E-state index < -0.39 is 11.6 Å². The molecule has 1 aromatic carbocycles. The van der Waals surface area contributed by atoms with Gasteiger partial charge in [0.1, 0.15) is 25.4 Å². The van der Waals surface area contributed by atoms with Gasteiger partial charge in [0, 0.05) is 29.0 Å². The number of quaternary nitrogens is 1. The lowest BCUT2D eigenvalue weighted by Gasteiger charge is -2.30. The molecule has 5 nitrogen and oxygen atoms in total. The van der Waals surface area contributed by atoms with Crippen LogP contribution in [0.5, 0.6) is 5.75 Å². The average Bonchev–Trinajstić information content (AvgIpc) is 3.53. The van der Waals surface area contributed by atoms with E-state index >= 15 is 0 Å². The lowest BCUT2D eigenvalue weighted by Crippen LogP contribution is -2.48. The first kappa shape index (κ1) is 23.0. The van der Waals surface area contributed by atoms with Crippen molar-refractivity contribution in [1.82, 2.24) is 0 Å². The van der Waals surface area contributed by atoms with Gasteiger partial charge < -0.3 is 19.1 Å². The van der Waals surface area contributed by atoms with Crippen molar-refractivity contribution < 1.29 is 23.9 Å². The Hall–Kier alpha value is -2.19. The first-order chi connectivity index (χ1) is 15.4. The molecule has 170 valence electrons. The van der Waals surface area contributed by atoms with E-state index in [2.05, 4.69) is 7.05 Å². The van der Waals surface area contributed by atoms with Crippen LogP contribution in [0.3, 0.4) is 0 Å². The molecule has 1 unspecified atom stereocenters. The van der Waals surface area contributed by atoms with Gasteiger partial charge in [0.2, 0.25) is 0 Å². The number of likely N-dealkylation sites (N-methyl/N-ethyl adjacent to an activating group) is 1. The smallest absolute Gasteiger partial charge is 0.339 e. The van der Waals surface area contributed by atoms with Crippen molar-refractivity contribution >= 4 is 28.6 Å². The monoisotopic (exact) mass is 472 g/mol. The molecule has 7 heteroatoms. The van der Waals surface area contributed by atoms with Gasteiger partial charge in [-0.05, 0) is 35.0 Å². The second-order valence-electron chi connectivity index (χ2n) is 8.77. The van der Waals surface area contributed by atoms with Crippen molar-refractivity contribution in [3.8, 4) is 5.75 Å². The van der Waals surface area contributed by atoms with E-state index in [1.807, 2.05) is 65.4 Å². The summed E-state index contributed by atoms with van der Waals surface area (Å²) in [5, 5.41) is 15.3. The summed E-state index contributed by atoms with van der Waals surface area (Å²) >= 11 is 3.10. The largest absolute Gasteiger partial charge is 0.488 e. The number of ether oxygens (including phenoxy) is 2. The van der Waals surface area contributed by atoms with Gasteiger partial charge in [0.05, 0.1) is 13.6 Å². The third kappa shape index (κ3) is 5.98. The van der Waals surface area contributed by atoms with Crippen molar-refractivity contribution in [2.45, 2.75) is 31.0 Å². The number of carbonyl (C=O) groups excluding carboxylic acids is 1. The second-order valence-corrected chi connectivity index (χ2v) is 10.8. The summed E-state index contributed by atoms with van der Waals surface area (Å²) in [5.74, 6) is 0.353. The average molecular weight is 473 g/mol. The fraction of sp³-hybridized carbons (Fsp3) is 0.400. The van der Waals surface area contributed by atoms with Crippen LogP contribution >= 0.6 is 22.7 Å². The molecule has 3 aromatic rings. The first-order valence-corrected chi connectivity index (χ1v) is 12.7. The highest BCUT2D eigenvalue weighted by molar-refractivity contribution is 7.10. The molecular weight excluding hydrogens is 442 g/mol. The summed E-state index contributed by atoms with van der Waals surface area (Å²) < 4.78 is 12.5. The molecule has 3 heterocycles. The number of para-hydroxylation sites is 1. The topological polar surface area (TPSA) is 55.8 Å². The van der Waals surface area contributed by atoms with Gasteiger partial charge in [0.15, 0.2) is 11.7 Å². The highest BCUT2D eigenvalue weighted by Crippen LogP contribution is 2.28. The maximum atomic E-state index is 13.2. The molecule has 4 rings (SSSR count). The molecular formula is C25H30NO4S2+. The maximum absolute atomic E-state index is 13.2. The van der Waals surface area contributed by atoms with Crippen LogP contribution in [0.4, 0.5) is 0 Å². The van der Waals surface area contributed by atoms with Crippen molar-refractivity contribution in [2.75, 3.05) is 33.3 Å². The van der Waals surface area contributed by atoms with Crippen LogP contribution in [-0.2, 0) is 22.4 Å². The van der Waals surface area contributed by atoms with Crippen LogP contribution in [0.15, 0.2) is 65.4 Å². The van der Waals surface area contributed by atoms with Crippen LogP contribution < -0.4 is 4.74 Å². The van der Waals surface area contributed by atoms with Gasteiger partial charge in [-0.2, -0.15) is 0 Å². The summed E-state index contributed by atoms with van der Waals surface area (Å²) in [6.45, 7) is 3.11. The molecule has 2 atom stereocenters. The third-order valence-corrected chi connectivity index (χ3v) is 7.78. The molecule has 1 N–H and O–H groups in total. The number of hydrogen-bond acceptors (Lipinski definition) is 6. The Labute approximate surface area is 197 Å². The molecule has 0 bridgehead atoms. The highest BCUT2D eigenvalue weighted by Gasteiger charge is 2.43. The number of esters is 1. The fourth-order valence-corrected chi connectivity index (χ4v) is 5.82. The van der Waals surface area contributed by atoms with Crippen LogP contribution in [0.2, 0.25) is 0 Å². The Morgan fingerprint density at radius 1 is 1.06 bits per heavy atom. The maximum Gasteiger partial charge on any atom is 0.339 e. The van der Waals surface area contributed by atoms with E-state index in [1.165, 1.54) is 0 Å². The van der Waals surface area contributed by atoms with E-state index in [9.17, 15) is 9.90 Å². The standard InChI is InChI=1S/C25H30NO4S2/c1-26(13-14-29-20-7-3-2-4-8-20)12-11-21(19-26)30-24(27)25(28,17-22-9-5-15-31-22)18-23-10-6-16-32-23/h2-10,15-16,21,28H,11-14,17-19H2,1H3/q+1/t21-,26?/m0/s1. The quantitative estimate of drug-likeness (QED) is 0.356. The third-order valence-electron chi connectivity index (χ3n) is 6.03. The lowest BCUT2D eigenvalue weighted by atomic mass is 9.93. The summed E-state index contributed by atoms with van der Waals surface area (Å²) in [6, 6.07) is 17.6. The molecule has 32 heavy (non-hydrogen) atoms. The van der Waals surface area contributed by atoms with Crippen molar-refractivity contribution in [3.63, 3.8) is 0 Å². The summed E-state index contributed by atoms with van der Waals surface area (Å²) in [7, 11) is 2.17. The molecule has 1 aliphatic heterocycles. The molecule has 0 spiro atoms. The molecule has 1 aliphatic rings. The van der Waals surface area contributed by atoms with Crippen molar-refractivity contribution in [2.24, 2.45) is 0 Å². The number of likely N-dealkylation sites (tertiary alicyclic amines) is 1. The van der Waals surface area contributed by atoms with Crippen molar-refractivity contribution in [1.29, 1.82) is 0 Å². The van der Waals surface area contributed by atoms with E-state index in [1.54, 1.807) is 22.7 Å². The Bertz CT molecular complexity index is 939. The predicted molar refractivity (Wildman–Crippen MR) is 128 cm³/mol. The van der Waals surface area contributed by atoms with Gasteiger partial charge in [0.25, 0.3) is 0 Å². The van der Waals surface area contributed by atoms with E-state index in [-0.39, 0.29) is 18.9 Å². The minimum Gasteiger partial charge on any atom is -0.488 e. The zero-order chi connectivity index (χ0) is 22.4. The lowest BCUT2D eigenvalue weighted by molar-refractivity contribution is -0.898. The Morgan fingerprint density at radius 3 is 2.31 bits per heavy atom. The zero-order valence-corrected chi connectivity index (χ0v) is 19.9. The number of hydrogen-bond donors (Lipinski definition) is 1. The highest BCUT2D eigenvalue weighted by atomic mass is 32.1. The van der Waals surface area contributed by atoms with Gasteiger partial charge in [-0.15, -0.1) is 22.7 Å². The number of rotatable bonds is 10.